The van der Waals surface area contributed by atoms with Crippen LogP contribution in [0.4, 0.5) is 0 Å². The van der Waals surface area contributed by atoms with E-state index in [-0.39, 0.29) is 0 Å². The van der Waals surface area contributed by atoms with Gasteiger partial charge in [-0.2, -0.15) is 0 Å². The quantitative estimate of drug-likeness (QED) is 0.839. The SMILES string of the molecule is CNC(C1CCC(C)CC1)C1CCOC2(CCC2)C1. The van der Waals surface area contributed by atoms with E-state index in [1.165, 1.54) is 57.8 Å². The van der Waals surface area contributed by atoms with Gasteiger partial charge in [0.15, 0.2) is 0 Å². The maximum atomic E-state index is 6.10. The van der Waals surface area contributed by atoms with E-state index in [9.17, 15) is 0 Å². The fourth-order valence-corrected chi connectivity index (χ4v) is 4.79. The maximum absolute atomic E-state index is 6.10. The van der Waals surface area contributed by atoms with E-state index in [1.807, 2.05) is 0 Å². The Kier molecular flexibility index (Phi) is 4.19. The molecule has 3 fully saturated rings. The van der Waals surface area contributed by atoms with Crippen molar-refractivity contribution in [3.63, 3.8) is 0 Å². The Hall–Kier alpha value is -0.0800. The fraction of sp³-hybridized carbons (Fsp3) is 1.00. The molecule has 110 valence electrons. The lowest BCUT2D eigenvalue weighted by Gasteiger charge is -2.50. The van der Waals surface area contributed by atoms with Gasteiger partial charge < -0.3 is 10.1 Å². The Morgan fingerprint density at radius 1 is 1.05 bits per heavy atom. The van der Waals surface area contributed by atoms with Crippen molar-refractivity contribution in [2.24, 2.45) is 17.8 Å². The summed E-state index contributed by atoms with van der Waals surface area (Å²) in [5.41, 5.74) is 0.306. The monoisotopic (exact) mass is 265 g/mol. The van der Waals surface area contributed by atoms with Crippen LogP contribution in [0.25, 0.3) is 0 Å². The van der Waals surface area contributed by atoms with Crippen LogP contribution in [0.1, 0.15) is 64.7 Å². The molecule has 3 aliphatic rings. The third-order valence-corrected chi connectivity index (χ3v) is 6.21. The number of hydrogen-bond donors (Lipinski definition) is 1. The van der Waals surface area contributed by atoms with E-state index in [0.717, 1.165) is 30.4 Å². The van der Waals surface area contributed by atoms with Gasteiger partial charge in [-0.25, -0.2) is 0 Å². The summed E-state index contributed by atoms with van der Waals surface area (Å²) in [6.45, 7) is 3.42. The highest BCUT2D eigenvalue weighted by atomic mass is 16.5. The van der Waals surface area contributed by atoms with Gasteiger partial charge in [0, 0.05) is 12.6 Å². The van der Waals surface area contributed by atoms with Crippen molar-refractivity contribution < 1.29 is 4.74 Å². The first-order chi connectivity index (χ1) is 9.22. The molecule has 2 atom stereocenters. The first-order valence-electron chi connectivity index (χ1n) is 8.54. The first kappa shape index (κ1) is 13.9. The summed E-state index contributed by atoms with van der Waals surface area (Å²) in [5.74, 6) is 2.74. The van der Waals surface area contributed by atoms with Crippen molar-refractivity contribution in [1.29, 1.82) is 0 Å². The molecule has 19 heavy (non-hydrogen) atoms. The molecule has 2 nitrogen and oxygen atoms in total. The van der Waals surface area contributed by atoms with Crippen molar-refractivity contribution in [1.82, 2.24) is 5.32 Å². The van der Waals surface area contributed by atoms with Gasteiger partial charge in [-0.3, -0.25) is 0 Å². The molecular formula is C17H31NO. The number of nitrogens with one attached hydrogen (secondary N) is 1. The average molecular weight is 265 g/mol. The average Bonchev–Trinajstić information content (AvgIpc) is 2.40. The molecule has 1 heterocycles. The summed E-state index contributed by atoms with van der Waals surface area (Å²) in [6, 6.07) is 0.744. The molecular weight excluding hydrogens is 234 g/mol. The van der Waals surface area contributed by atoms with Gasteiger partial charge in [0.2, 0.25) is 0 Å². The van der Waals surface area contributed by atoms with Crippen molar-refractivity contribution in [3.8, 4) is 0 Å². The molecule has 1 aliphatic heterocycles. The third-order valence-electron chi connectivity index (χ3n) is 6.21. The molecule has 2 saturated carbocycles. The highest BCUT2D eigenvalue weighted by Crippen LogP contribution is 2.46. The first-order valence-corrected chi connectivity index (χ1v) is 8.54. The van der Waals surface area contributed by atoms with Gasteiger partial charge in [-0.05, 0) is 69.7 Å². The molecule has 0 radical (unpaired) electrons. The van der Waals surface area contributed by atoms with E-state index < -0.39 is 0 Å². The summed E-state index contributed by atoms with van der Waals surface area (Å²) >= 11 is 0. The second-order valence-electron chi connectivity index (χ2n) is 7.47. The molecule has 0 aromatic rings. The van der Waals surface area contributed by atoms with Crippen molar-refractivity contribution in [2.75, 3.05) is 13.7 Å². The lowest BCUT2D eigenvalue weighted by molar-refractivity contribution is -0.149. The smallest absolute Gasteiger partial charge is 0.0685 e. The maximum Gasteiger partial charge on any atom is 0.0685 e. The minimum absolute atomic E-state index is 0.306. The van der Waals surface area contributed by atoms with Crippen LogP contribution < -0.4 is 5.32 Å². The number of rotatable bonds is 3. The third kappa shape index (κ3) is 2.85. The Labute approximate surface area is 118 Å². The van der Waals surface area contributed by atoms with Crippen LogP contribution in [0, 0.1) is 17.8 Å². The van der Waals surface area contributed by atoms with Crippen LogP contribution in [0.5, 0.6) is 0 Å². The van der Waals surface area contributed by atoms with Crippen LogP contribution in [0.3, 0.4) is 0 Å². The van der Waals surface area contributed by atoms with Crippen molar-refractivity contribution in [2.45, 2.75) is 76.4 Å². The molecule has 1 spiro atoms. The van der Waals surface area contributed by atoms with Gasteiger partial charge in [0.05, 0.1) is 5.60 Å². The zero-order valence-electron chi connectivity index (χ0n) is 12.8. The minimum Gasteiger partial charge on any atom is -0.375 e. The Bertz CT molecular complexity index is 292. The zero-order valence-corrected chi connectivity index (χ0v) is 12.8. The lowest BCUT2D eigenvalue weighted by atomic mass is 9.67. The summed E-state index contributed by atoms with van der Waals surface area (Å²) in [7, 11) is 2.19. The van der Waals surface area contributed by atoms with Crippen LogP contribution >= 0.6 is 0 Å². The molecule has 0 bridgehead atoms. The van der Waals surface area contributed by atoms with Crippen LogP contribution in [0.2, 0.25) is 0 Å². The number of ether oxygens (including phenoxy) is 1. The Morgan fingerprint density at radius 2 is 1.79 bits per heavy atom. The standard InChI is InChI=1S/C17H31NO/c1-13-4-6-14(7-5-13)16(18-2)15-8-11-19-17(12-15)9-3-10-17/h13-16,18H,3-12H2,1-2H3. The van der Waals surface area contributed by atoms with E-state index >= 15 is 0 Å². The van der Waals surface area contributed by atoms with E-state index in [1.54, 1.807) is 0 Å². The lowest BCUT2D eigenvalue weighted by Crippen LogP contribution is -2.52. The van der Waals surface area contributed by atoms with E-state index in [0.29, 0.717) is 5.60 Å². The Balaban J connectivity index is 1.61. The van der Waals surface area contributed by atoms with Crippen LogP contribution in [0.15, 0.2) is 0 Å². The summed E-state index contributed by atoms with van der Waals surface area (Å²) in [6.07, 6.45) is 12.4. The predicted octanol–water partition coefficient (Wildman–Crippen LogP) is 3.75. The van der Waals surface area contributed by atoms with E-state index in [2.05, 4.69) is 19.3 Å². The molecule has 2 aliphatic carbocycles. The molecule has 1 saturated heterocycles. The van der Waals surface area contributed by atoms with Gasteiger partial charge in [0.25, 0.3) is 0 Å². The zero-order chi connectivity index (χ0) is 13.3. The summed E-state index contributed by atoms with van der Waals surface area (Å²) in [5, 5.41) is 3.69. The second-order valence-corrected chi connectivity index (χ2v) is 7.47. The summed E-state index contributed by atoms with van der Waals surface area (Å²) < 4.78 is 6.10. The van der Waals surface area contributed by atoms with Gasteiger partial charge in [-0.1, -0.05) is 19.8 Å². The molecule has 3 rings (SSSR count). The van der Waals surface area contributed by atoms with Crippen molar-refractivity contribution in [3.05, 3.63) is 0 Å². The Morgan fingerprint density at radius 3 is 2.37 bits per heavy atom. The highest BCUT2D eigenvalue weighted by molar-refractivity contribution is 4.98. The largest absolute Gasteiger partial charge is 0.375 e. The second kappa shape index (κ2) is 5.73. The number of hydrogen-bond acceptors (Lipinski definition) is 2. The predicted molar refractivity (Wildman–Crippen MR) is 79.2 cm³/mol. The summed E-state index contributed by atoms with van der Waals surface area (Å²) in [4.78, 5) is 0. The van der Waals surface area contributed by atoms with Crippen LogP contribution in [-0.2, 0) is 4.74 Å². The minimum atomic E-state index is 0.306. The van der Waals surface area contributed by atoms with Crippen molar-refractivity contribution >= 4 is 0 Å². The molecule has 0 aromatic carbocycles. The van der Waals surface area contributed by atoms with Crippen LogP contribution in [-0.4, -0.2) is 25.3 Å². The molecule has 0 aromatic heterocycles. The van der Waals surface area contributed by atoms with Gasteiger partial charge in [0.1, 0.15) is 0 Å². The topological polar surface area (TPSA) is 21.3 Å². The van der Waals surface area contributed by atoms with Gasteiger partial charge in [-0.15, -0.1) is 0 Å². The molecule has 2 unspecified atom stereocenters. The highest BCUT2D eigenvalue weighted by Gasteiger charge is 2.45. The molecule has 1 N–H and O–H groups in total. The van der Waals surface area contributed by atoms with Gasteiger partial charge >= 0.3 is 0 Å². The molecule has 2 heteroatoms. The van der Waals surface area contributed by atoms with E-state index in [4.69, 9.17) is 4.74 Å². The molecule has 0 amide bonds. The fourth-order valence-electron chi connectivity index (χ4n) is 4.79. The normalized spacial score (nSPS) is 39.8.